The molecule has 3 N–H and O–H groups in total. The first-order chi connectivity index (χ1) is 7.63. The molecule has 0 spiro atoms. The smallest absolute Gasteiger partial charge is 0.193 e. The van der Waals surface area contributed by atoms with Gasteiger partial charge in [-0.2, -0.15) is 11.8 Å². The molecule has 0 unspecified atom stereocenters. The average Bonchev–Trinajstić information content (AvgIpc) is 2.24. The van der Waals surface area contributed by atoms with Crippen LogP contribution >= 0.6 is 35.7 Å². The van der Waals surface area contributed by atoms with E-state index in [2.05, 4.69) is 42.5 Å². The summed E-state index contributed by atoms with van der Waals surface area (Å²) in [6, 6.07) is 6.17. The van der Waals surface area contributed by atoms with Gasteiger partial charge in [0.2, 0.25) is 0 Å². The predicted octanol–water partition coefficient (Wildman–Crippen LogP) is 3.01. The van der Waals surface area contributed by atoms with Crippen molar-refractivity contribution in [3.05, 3.63) is 29.3 Å². The summed E-state index contributed by atoms with van der Waals surface area (Å²) in [5.74, 6) is 1.48. The van der Waals surface area contributed by atoms with E-state index in [9.17, 15) is 0 Å². The van der Waals surface area contributed by atoms with Gasteiger partial charge < -0.3 is 11.1 Å². The minimum Gasteiger partial charge on any atom is -0.370 e. The number of hydrogen-bond acceptors (Lipinski definition) is 2. The van der Waals surface area contributed by atoms with Gasteiger partial charge in [-0.15, -0.1) is 24.0 Å². The number of aryl methyl sites for hydroxylation is 2. The molecule has 3 nitrogen and oxygen atoms in total. The molecule has 0 aliphatic carbocycles. The van der Waals surface area contributed by atoms with E-state index in [0.717, 1.165) is 18.0 Å². The predicted molar refractivity (Wildman–Crippen MR) is 89.8 cm³/mol. The van der Waals surface area contributed by atoms with Crippen LogP contribution < -0.4 is 11.1 Å². The van der Waals surface area contributed by atoms with Crippen LogP contribution in [0.5, 0.6) is 0 Å². The van der Waals surface area contributed by atoms with Crippen LogP contribution in [-0.2, 0) is 0 Å². The fourth-order valence-corrected chi connectivity index (χ4v) is 1.54. The quantitative estimate of drug-likeness (QED) is 0.373. The van der Waals surface area contributed by atoms with Crippen molar-refractivity contribution in [2.45, 2.75) is 13.8 Å². The molecule has 0 heterocycles. The topological polar surface area (TPSA) is 50.4 Å². The van der Waals surface area contributed by atoms with Crippen LogP contribution in [0.15, 0.2) is 23.2 Å². The molecule has 96 valence electrons. The Hall–Kier alpha value is -0.430. The zero-order valence-corrected chi connectivity index (χ0v) is 13.6. The number of benzene rings is 1. The van der Waals surface area contributed by atoms with Crippen molar-refractivity contribution < 1.29 is 0 Å². The summed E-state index contributed by atoms with van der Waals surface area (Å²) >= 11 is 1.76. The van der Waals surface area contributed by atoms with E-state index < -0.39 is 0 Å². The Kier molecular flexibility index (Phi) is 8.41. The highest BCUT2D eigenvalue weighted by Gasteiger charge is 1.97. The number of nitrogens with one attached hydrogen (secondary N) is 1. The minimum atomic E-state index is 0. The molecule has 0 aliphatic heterocycles. The Bertz CT molecular complexity index is 380. The van der Waals surface area contributed by atoms with E-state index in [1.54, 1.807) is 11.8 Å². The second-order valence-corrected chi connectivity index (χ2v) is 4.67. The number of thioether (sulfide) groups is 1. The van der Waals surface area contributed by atoms with Crippen LogP contribution in [0.2, 0.25) is 0 Å². The normalized spacial score (nSPS) is 10.9. The lowest BCUT2D eigenvalue weighted by Gasteiger charge is -2.07. The van der Waals surface area contributed by atoms with Crippen molar-refractivity contribution in [2.24, 2.45) is 10.7 Å². The molecular formula is C12H20IN3S. The van der Waals surface area contributed by atoms with Crippen LogP contribution in [0, 0.1) is 13.8 Å². The van der Waals surface area contributed by atoms with Gasteiger partial charge in [0.25, 0.3) is 0 Å². The van der Waals surface area contributed by atoms with E-state index in [4.69, 9.17) is 5.73 Å². The van der Waals surface area contributed by atoms with Crippen molar-refractivity contribution in [2.75, 3.05) is 23.9 Å². The van der Waals surface area contributed by atoms with Gasteiger partial charge in [0.15, 0.2) is 5.96 Å². The van der Waals surface area contributed by atoms with Gasteiger partial charge >= 0.3 is 0 Å². The van der Waals surface area contributed by atoms with Crippen LogP contribution in [0.4, 0.5) is 5.69 Å². The zero-order valence-electron chi connectivity index (χ0n) is 10.5. The molecule has 1 aromatic rings. The molecule has 1 rings (SSSR count). The van der Waals surface area contributed by atoms with E-state index in [0.29, 0.717) is 5.96 Å². The standard InChI is InChI=1S/C12H19N3S.HI/c1-9-4-5-11(8-10(9)2)15-12(13)14-6-7-16-3;/h4-5,8H,6-7H2,1-3H3,(H3,13,14,15);1H. The third-order valence-electron chi connectivity index (χ3n) is 2.36. The Morgan fingerprint density at radius 1 is 1.35 bits per heavy atom. The van der Waals surface area contributed by atoms with Crippen LogP contribution in [0.3, 0.4) is 0 Å². The Morgan fingerprint density at radius 2 is 2.06 bits per heavy atom. The highest BCUT2D eigenvalue weighted by atomic mass is 127. The maximum atomic E-state index is 5.76. The highest BCUT2D eigenvalue weighted by Crippen LogP contribution is 2.13. The molecule has 1 aromatic carbocycles. The Balaban J connectivity index is 0.00000256. The Morgan fingerprint density at radius 3 is 2.65 bits per heavy atom. The third-order valence-corrected chi connectivity index (χ3v) is 2.95. The van der Waals surface area contributed by atoms with Gasteiger partial charge in [-0.3, -0.25) is 4.99 Å². The molecule has 0 aliphatic rings. The fourth-order valence-electron chi connectivity index (χ4n) is 1.26. The number of hydrogen-bond donors (Lipinski definition) is 2. The van der Waals surface area contributed by atoms with Crippen molar-refractivity contribution in [3.63, 3.8) is 0 Å². The SMILES string of the molecule is CSCCN=C(N)Nc1ccc(C)c(C)c1.I. The first-order valence-corrected chi connectivity index (χ1v) is 6.66. The largest absolute Gasteiger partial charge is 0.370 e. The zero-order chi connectivity index (χ0) is 12.0. The fraction of sp³-hybridized carbons (Fsp3) is 0.417. The summed E-state index contributed by atoms with van der Waals surface area (Å²) in [6.07, 6.45) is 2.06. The molecule has 0 atom stereocenters. The minimum absolute atomic E-state index is 0. The number of anilines is 1. The second-order valence-electron chi connectivity index (χ2n) is 3.68. The number of rotatable bonds is 4. The van der Waals surface area contributed by atoms with E-state index in [1.165, 1.54) is 11.1 Å². The lowest BCUT2D eigenvalue weighted by atomic mass is 10.1. The first-order valence-electron chi connectivity index (χ1n) is 5.26. The maximum Gasteiger partial charge on any atom is 0.193 e. The Labute approximate surface area is 125 Å². The molecule has 0 saturated heterocycles. The summed E-state index contributed by atoms with van der Waals surface area (Å²) in [7, 11) is 0. The lowest BCUT2D eigenvalue weighted by molar-refractivity contribution is 1.13. The van der Waals surface area contributed by atoms with Gasteiger partial charge in [-0.1, -0.05) is 6.07 Å². The van der Waals surface area contributed by atoms with Gasteiger partial charge in [0.1, 0.15) is 0 Å². The van der Waals surface area contributed by atoms with Crippen LogP contribution in [0.25, 0.3) is 0 Å². The summed E-state index contributed by atoms with van der Waals surface area (Å²) in [5.41, 5.74) is 9.29. The first kappa shape index (κ1) is 16.6. The summed E-state index contributed by atoms with van der Waals surface area (Å²) in [4.78, 5) is 4.22. The van der Waals surface area contributed by atoms with Crippen molar-refractivity contribution in [3.8, 4) is 0 Å². The number of nitrogens with two attached hydrogens (primary N) is 1. The molecule has 17 heavy (non-hydrogen) atoms. The molecule has 0 aromatic heterocycles. The lowest BCUT2D eigenvalue weighted by Crippen LogP contribution is -2.23. The van der Waals surface area contributed by atoms with Gasteiger partial charge in [-0.25, -0.2) is 0 Å². The maximum absolute atomic E-state index is 5.76. The van der Waals surface area contributed by atoms with E-state index in [-0.39, 0.29) is 24.0 Å². The van der Waals surface area contributed by atoms with Crippen molar-refractivity contribution >= 4 is 47.4 Å². The summed E-state index contributed by atoms with van der Waals surface area (Å²) in [5, 5.41) is 3.09. The number of nitrogens with zero attached hydrogens (tertiary/aromatic N) is 1. The van der Waals surface area contributed by atoms with Crippen molar-refractivity contribution in [1.29, 1.82) is 0 Å². The molecule has 0 fully saturated rings. The number of aliphatic imine (C=N–C) groups is 1. The molecule has 5 heteroatoms. The number of guanidine groups is 1. The second kappa shape index (κ2) is 8.63. The van der Waals surface area contributed by atoms with E-state index >= 15 is 0 Å². The van der Waals surface area contributed by atoms with E-state index in [1.807, 2.05) is 6.07 Å². The molecular weight excluding hydrogens is 345 g/mol. The average molecular weight is 365 g/mol. The molecule has 0 bridgehead atoms. The van der Waals surface area contributed by atoms with Gasteiger partial charge in [0, 0.05) is 11.4 Å². The molecule has 0 saturated carbocycles. The third kappa shape index (κ3) is 6.16. The highest BCUT2D eigenvalue weighted by molar-refractivity contribution is 14.0. The number of halogens is 1. The van der Waals surface area contributed by atoms with Gasteiger partial charge in [-0.05, 0) is 43.4 Å². The monoisotopic (exact) mass is 365 g/mol. The molecule has 0 amide bonds. The summed E-state index contributed by atoms with van der Waals surface area (Å²) < 4.78 is 0. The summed E-state index contributed by atoms with van der Waals surface area (Å²) in [6.45, 7) is 4.93. The molecule has 0 radical (unpaired) electrons. The van der Waals surface area contributed by atoms with Crippen molar-refractivity contribution in [1.82, 2.24) is 0 Å². The van der Waals surface area contributed by atoms with Crippen LogP contribution in [-0.4, -0.2) is 24.5 Å². The van der Waals surface area contributed by atoms with Gasteiger partial charge in [0.05, 0.1) is 6.54 Å². The van der Waals surface area contributed by atoms with Crippen LogP contribution in [0.1, 0.15) is 11.1 Å².